The summed E-state index contributed by atoms with van der Waals surface area (Å²) >= 11 is 5.81. The van der Waals surface area contributed by atoms with Gasteiger partial charge in [-0.25, -0.2) is 9.37 Å². The van der Waals surface area contributed by atoms with Gasteiger partial charge in [0, 0.05) is 5.56 Å². The Morgan fingerprint density at radius 3 is 2.53 bits per heavy atom. The summed E-state index contributed by atoms with van der Waals surface area (Å²) in [4.78, 5) is 4.02. The molecule has 2 nitrogen and oxygen atoms in total. The van der Waals surface area contributed by atoms with E-state index in [1.807, 2.05) is 0 Å². The molecule has 0 saturated carbocycles. The third kappa shape index (κ3) is 2.18. The number of halogens is 2. The van der Waals surface area contributed by atoms with E-state index in [4.69, 9.17) is 16.0 Å². The smallest absolute Gasteiger partial charge is 0.212 e. The highest BCUT2D eigenvalue weighted by Crippen LogP contribution is 2.25. The maximum atomic E-state index is 12.7. The van der Waals surface area contributed by atoms with Gasteiger partial charge in [-0.3, -0.25) is 0 Å². The van der Waals surface area contributed by atoms with Gasteiger partial charge in [0.1, 0.15) is 11.2 Å². The van der Waals surface area contributed by atoms with Crippen LogP contribution in [0.15, 0.2) is 34.9 Å². The first-order valence-corrected chi connectivity index (χ1v) is 4.96. The molecular formula is C11H9ClFNO. The van der Waals surface area contributed by atoms with Crippen LogP contribution >= 0.6 is 11.6 Å². The van der Waals surface area contributed by atoms with Crippen LogP contribution in [-0.2, 0) is 0 Å². The molecule has 0 spiro atoms. The fraction of sp³-hybridized carbons (Fsp3) is 0.182. The van der Waals surface area contributed by atoms with Gasteiger partial charge in [-0.1, -0.05) is 0 Å². The maximum absolute atomic E-state index is 12.7. The van der Waals surface area contributed by atoms with E-state index < -0.39 is 0 Å². The van der Waals surface area contributed by atoms with Crippen molar-refractivity contribution >= 4 is 11.6 Å². The lowest BCUT2D eigenvalue weighted by Gasteiger charge is -1.96. The predicted octanol–water partition coefficient (Wildman–Crippen LogP) is 3.78. The molecular weight excluding hydrogens is 217 g/mol. The first kappa shape index (κ1) is 10.2. The third-order valence-electron chi connectivity index (χ3n) is 1.99. The molecule has 0 fully saturated rings. The molecule has 78 valence electrons. The predicted molar refractivity (Wildman–Crippen MR) is 56.2 cm³/mol. The van der Waals surface area contributed by atoms with Crippen molar-refractivity contribution in [2.75, 3.05) is 0 Å². The largest absolute Gasteiger partial charge is 0.439 e. The highest BCUT2D eigenvalue weighted by molar-refractivity contribution is 6.20. The second-order valence-corrected chi connectivity index (χ2v) is 3.84. The van der Waals surface area contributed by atoms with Crippen molar-refractivity contribution in [1.29, 1.82) is 0 Å². The van der Waals surface area contributed by atoms with Gasteiger partial charge in [0.15, 0.2) is 5.76 Å². The molecule has 1 aromatic carbocycles. The van der Waals surface area contributed by atoms with E-state index in [2.05, 4.69) is 4.98 Å². The summed E-state index contributed by atoms with van der Waals surface area (Å²) < 4.78 is 18.1. The van der Waals surface area contributed by atoms with Crippen molar-refractivity contribution in [3.8, 4) is 11.3 Å². The van der Waals surface area contributed by atoms with Crippen molar-refractivity contribution in [2.45, 2.75) is 12.3 Å². The van der Waals surface area contributed by atoms with Gasteiger partial charge in [0.05, 0.1) is 6.20 Å². The van der Waals surface area contributed by atoms with Crippen LogP contribution in [0.3, 0.4) is 0 Å². The molecule has 2 rings (SSSR count). The number of oxazole rings is 1. The van der Waals surface area contributed by atoms with Gasteiger partial charge < -0.3 is 4.42 Å². The zero-order chi connectivity index (χ0) is 10.8. The van der Waals surface area contributed by atoms with Gasteiger partial charge in [-0.2, -0.15) is 0 Å². The van der Waals surface area contributed by atoms with Crippen LogP contribution in [0.2, 0.25) is 0 Å². The van der Waals surface area contributed by atoms with Crippen LogP contribution < -0.4 is 0 Å². The Morgan fingerprint density at radius 1 is 1.33 bits per heavy atom. The molecule has 0 aliphatic carbocycles. The maximum Gasteiger partial charge on any atom is 0.212 e. The molecule has 15 heavy (non-hydrogen) atoms. The Morgan fingerprint density at radius 2 is 2.00 bits per heavy atom. The Balaban J connectivity index is 2.33. The minimum Gasteiger partial charge on any atom is -0.439 e. The molecule has 0 radical (unpaired) electrons. The summed E-state index contributed by atoms with van der Waals surface area (Å²) in [6, 6.07) is 6.03. The standard InChI is InChI=1S/C11H9ClFNO/c1-7(12)11-14-6-10(15-11)8-2-4-9(13)5-3-8/h2-7H,1H3. The number of rotatable bonds is 2. The normalized spacial score (nSPS) is 12.7. The number of hydrogen-bond acceptors (Lipinski definition) is 2. The van der Waals surface area contributed by atoms with E-state index in [-0.39, 0.29) is 11.2 Å². The molecule has 0 N–H and O–H groups in total. The van der Waals surface area contributed by atoms with E-state index in [0.717, 1.165) is 5.56 Å². The highest BCUT2D eigenvalue weighted by Gasteiger charge is 2.10. The van der Waals surface area contributed by atoms with Crippen LogP contribution in [0.5, 0.6) is 0 Å². The fourth-order valence-electron chi connectivity index (χ4n) is 1.22. The average molecular weight is 226 g/mol. The zero-order valence-corrected chi connectivity index (χ0v) is 8.83. The lowest BCUT2D eigenvalue weighted by molar-refractivity contribution is 0.508. The van der Waals surface area contributed by atoms with E-state index in [1.165, 1.54) is 12.1 Å². The Labute approximate surface area is 91.7 Å². The molecule has 0 aliphatic heterocycles. The van der Waals surface area contributed by atoms with Crippen molar-refractivity contribution in [3.05, 3.63) is 42.2 Å². The number of aromatic nitrogens is 1. The molecule has 0 saturated heterocycles. The van der Waals surface area contributed by atoms with E-state index in [0.29, 0.717) is 11.7 Å². The van der Waals surface area contributed by atoms with Crippen LogP contribution in [0, 0.1) is 5.82 Å². The van der Waals surface area contributed by atoms with Crippen LogP contribution in [0.4, 0.5) is 4.39 Å². The summed E-state index contributed by atoms with van der Waals surface area (Å²) in [6.45, 7) is 1.78. The molecule has 1 aromatic heterocycles. The van der Waals surface area contributed by atoms with Crippen molar-refractivity contribution in [1.82, 2.24) is 4.98 Å². The first-order chi connectivity index (χ1) is 7.16. The summed E-state index contributed by atoms with van der Waals surface area (Å²) in [6.07, 6.45) is 1.58. The fourth-order valence-corrected chi connectivity index (χ4v) is 1.32. The van der Waals surface area contributed by atoms with Gasteiger partial charge >= 0.3 is 0 Å². The van der Waals surface area contributed by atoms with Crippen molar-refractivity contribution < 1.29 is 8.81 Å². The van der Waals surface area contributed by atoms with Crippen LogP contribution in [-0.4, -0.2) is 4.98 Å². The lowest BCUT2D eigenvalue weighted by Crippen LogP contribution is -1.80. The Hall–Kier alpha value is -1.35. The van der Waals surface area contributed by atoms with Gasteiger partial charge in [-0.05, 0) is 31.2 Å². The first-order valence-electron chi connectivity index (χ1n) is 4.52. The number of nitrogens with zero attached hydrogens (tertiary/aromatic N) is 1. The van der Waals surface area contributed by atoms with Crippen LogP contribution in [0.1, 0.15) is 18.2 Å². The minimum absolute atomic E-state index is 0.265. The Kier molecular flexibility index (Phi) is 2.73. The minimum atomic E-state index is -0.274. The number of hydrogen-bond donors (Lipinski definition) is 0. The molecule has 4 heteroatoms. The monoisotopic (exact) mass is 225 g/mol. The topological polar surface area (TPSA) is 26.0 Å². The number of alkyl halides is 1. The Bertz CT molecular complexity index is 450. The third-order valence-corrected chi connectivity index (χ3v) is 2.18. The molecule has 0 amide bonds. The molecule has 0 bridgehead atoms. The summed E-state index contributed by atoms with van der Waals surface area (Å²) in [5.41, 5.74) is 0.785. The average Bonchev–Trinajstić information content (AvgIpc) is 2.68. The second-order valence-electron chi connectivity index (χ2n) is 3.19. The summed E-state index contributed by atoms with van der Waals surface area (Å²) in [5, 5.41) is -0.265. The number of benzene rings is 1. The molecule has 1 unspecified atom stereocenters. The summed E-state index contributed by atoms with van der Waals surface area (Å²) in [7, 11) is 0. The zero-order valence-electron chi connectivity index (χ0n) is 8.08. The quantitative estimate of drug-likeness (QED) is 0.727. The van der Waals surface area contributed by atoms with Crippen molar-refractivity contribution in [2.24, 2.45) is 0 Å². The lowest BCUT2D eigenvalue weighted by atomic mass is 10.2. The van der Waals surface area contributed by atoms with E-state index >= 15 is 0 Å². The van der Waals surface area contributed by atoms with Crippen LogP contribution in [0.25, 0.3) is 11.3 Å². The van der Waals surface area contributed by atoms with Gasteiger partial charge in [0.2, 0.25) is 5.89 Å². The molecule has 1 heterocycles. The molecule has 1 atom stereocenters. The SMILES string of the molecule is CC(Cl)c1ncc(-c2ccc(F)cc2)o1. The molecule has 2 aromatic rings. The van der Waals surface area contributed by atoms with E-state index in [1.54, 1.807) is 25.3 Å². The van der Waals surface area contributed by atoms with Crippen molar-refractivity contribution in [3.63, 3.8) is 0 Å². The second kappa shape index (κ2) is 4.03. The van der Waals surface area contributed by atoms with Gasteiger partial charge in [-0.15, -0.1) is 11.6 Å². The van der Waals surface area contributed by atoms with E-state index in [9.17, 15) is 4.39 Å². The molecule has 0 aliphatic rings. The van der Waals surface area contributed by atoms with Gasteiger partial charge in [0.25, 0.3) is 0 Å². The summed E-state index contributed by atoms with van der Waals surface area (Å²) in [5.74, 6) is 0.790. The highest BCUT2D eigenvalue weighted by atomic mass is 35.5.